The number of hydrogen-bond donors (Lipinski definition) is 0. The van der Waals surface area contributed by atoms with Gasteiger partial charge in [-0.1, -0.05) is 6.92 Å². The molecular formula is C5H12O. The van der Waals surface area contributed by atoms with Gasteiger partial charge in [0.2, 0.25) is 0 Å². The van der Waals surface area contributed by atoms with Gasteiger partial charge in [-0.3, -0.25) is 0 Å². The molecule has 0 aliphatic rings. The third-order valence-corrected chi connectivity index (χ3v) is 0.846. The van der Waals surface area contributed by atoms with E-state index in [1.54, 1.807) is 14.0 Å². The minimum absolute atomic E-state index is 0.667. The van der Waals surface area contributed by atoms with E-state index in [4.69, 9.17) is 6.11 Å². The number of rotatable bonds is 2. The second-order valence-corrected chi connectivity index (χ2v) is 1.26. The minimum Gasteiger partial charge on any atom is -0.382 e. The Bertz CT molecular complexity index is 46.0. The molecule has 0 amide bonds. The lowest BCUT2D eigenvalue weighted by molar-refractivity contribution is 0.115. The van der Waals surface area contributed by atoms with Crippen LogP contribution in [0.2, 0.25) is 0 Å². The molecular weight excluding hydrogens is 76.1 g/mol. The monoisotopic (exact) mass is 89.1 g/mol. The Balaban J connectivity index is 3.36. The first-order valence-electron chi connectivity index (χ1n) is 2.67. The lowest BCUT2D eigenvalue weighted by Crippen LogP contribution is -2.00. The molecule has 0 saturated heterocycles. The van der Waals surface area contributed by atoms with Gasteiger partial charge in [-0.25, -0.2) is 0 Å². The normalized spacial score (nSPS) is 22.2. The number of ether oxygens (including phenoxy) is 1. The van der Waals surface area contributed by atoms with Gasteiger partial charge in [0.25, 0.3) is 0 Å². The molecule has 1 unspecified atom stereocenters. The fraction of sp³-hybridized carbons (Fsp3) is 1.00. The van der Waals surface area contributed by atoms with Crippen molar-refractivity contribution in [3.05, 3.63) is 0 Å². The van der Waals surface area contributed by atoms with Crippen LogP contribution in [0.5, 0.6) is 0 Å². The van der Waals surface area contributed by atoms with Crippen molar-refractivity contribution < 1.29 is 6.11 Å². The summed E-state index contributed by atoms with van der Waals surface area (Å²) in [6.45, 7) is 3.67. The molecule has 1 nitrogen and oxygen atoms in total. The standard InChI is InChI=1S/C5H12O/c1-4-5(2)6-3/h5H,4H2,1-3H3/i5D. The van der Waals surface area contributed by atoms with Gasteiger partial charge in [0.1, 0.15) is 0 Å². The molecule has 0 fully saturated rings. The number of hydrogen-bond acceptors (Lipinski definition) is 1. The third-order valence-electron chi connectivity index (χ3n) is 0.846. The Kier molecular flexibility index (Phi) is 2.18. The van der Waals surface area contributed by atoms with Crippen LogP contribution in [0.15, 0.2) is 0 Å². The van der Waals surface area contributed by atoms with Gasteiger partial charge in [0.15, 0.2) is 0 Å². The fourth-order valence-electron chi connectivity index (χ4n) is 0.144. The van der Waals surface area contributed by atoms with Crippen molar-refractivity contribution in [2.45, 2.75) is 26.3 Å². The lowest BCUT2D eigenvalue weighted by atomic mass is 10.3. The summed E-state index contributed by atoms with van der Waals surface area (Å²) < 4.78 is 12.0. The zero-order valence-corrected chi connectivity index (χ0v) is 4.62. The fourth-order valence-corrected chi connectivity index (χ4v) is 0.144. The van der Waals surface area contributed by atoms with Crippen LogP contribution in [-0.2, 0) is 4.74 Å². The molecule has 0 aliphatic carbocycles. The second kappa shape index (κ2) is 3.16. The summed E-state index contributed by atoms with van der Waals surface area (Å²) in [5, 5.41) is 0. The first-order chi connectivity index (χ1) is 3.12. The highest BCUT2D eigenvalue weighted by molar-refractivity contribution is 4.38. The average Bonchev–Trinajstić information content (AvgIpc) is 1.68. The molecule has 0 heterocycles. The minimum atomic E-state index is -0.667. The molecule has 0 spiro atoms. The highest BCUT2D eigenvalue weighted by Crippen LogP contribution is 1.89. The van der Waals surface area contributed by atoms with Crippen molar-refractivity contribution in [3.63, 3.8) is 0 Å². The molecule has 0 bridgehead atoms. The van der Waals surface area contributed by atoms with Crippen LogP contribution < -0.4 is 0 Å². The summed E-state index contributed by atoms with van der Waals surface area (Å²) in [4.78, 5) is 0. The van der Waals surface area contributed by atoms with Crippen LogP contribution >= 0.6 is 0 Å². The van der Waals surface area contributed by atoms with Crippen LogP contribution in [0.1, 0.15) is 21.6 Å². The maximum Gasteiger partial charge on any atom is 0.0600 e. The van der Waals surface area contributed by atoms with E-state index in [2.05, 4.69) is 0 Å². The highest BCUT2D eigenvalue weighted by Gasteiger charge is 1.88. The summed E-state index contributed by atoms with van der Waals surface area (Å²) in [5.41, 5.74) is 0. The molecule has 0 aromatic rings. The van der Waals surface area contributed by atoms with Gasteiger partial charge in [-0.05, 0) is 13.3 Å². The van der Waals surface area contributed by atoms with Gasteiger partial charge in [-0.2, -0.15) is 0 Å². The molecule has 0 aliphatic heterocycles. The molecule has 1 atom stereocenters. The summed E-state index contributed by atoms with van der Waals surface area (Å²) in [6, 6.07) is 0. The summed E-state index contributed by atoms with van der Waals surface area (Å²) >= 11 is 0. The van der Waals surface area contributed by atoms with Crippen molar-refractivity contribution in [2.24, 2.45) is 0 Å². The van der Waals surface area contributed by atoms with Crippen molar-refractivity contribution >= 4 is 0 Å². The summed E-state index contributed by atoms with van der Waals surface area (Å²) in [7, 11) is 1.55. The third kappa shape index (κ3) is 2.21. The first-order valence-corrected chi connectivity index (χ1v) is 2.17. The predicted octanol–water partition coefficient (Wildman–Crippen LogP) is 1.43. The predicted molar refractivity (Wildman–Crippen MR) is 26.8 cm³/mol. The van der Waals surface area contributed by atoms with Crippen LogP contribution in [0.3, 0.4) is 0 Å². The van der Waals surface area contributed by atoms with E-state index >= 15 is 0 Å². The molecule has 6 heavy (non-hydrogen) atoms. The van der Waals surface area contributed by atoms with Crippen LogP contribution in [0.4, 0.5) is 0 Å². The molecule has 0 saturated carbocycles. The van der Waals surface area contributed by atoms with Crippen LogP contribution in [-0.4, -0.2) is 13.2 Å². The average molecular weight is 89.2 g/mol. The van der Waals surface area contributed by atoms with Crippen LogP contribution in [0.25, 0.3) is 0 Å². The van der Waals surface area contributed by atoms with E-state index < -0.39 is 6.08 Å². The maximum absolute atomic E-state index is 7.20. The molecule has 0 aromatic carbocycles. The van der Waals surface area contributed by atoms with E-state index in [0.717, 1.165) is 6.42 Å². The molecule has 0 radical (unpaired) electrons. The molecule has 38 valence electrons. The van der Waals surface area contributed by atoms with Gasteiger partial charge < -0.3 is 4.74 Å². The van der Waals surface area contributed by atoms with Gasteiger partial charge in [-0.15, -0.1) is 0 Å². The van der Waals surface area contributed by atoms with Crippen molar-refractivity contribution in [1.82, 2.24) is 0 Å². The Hall–Kier alpha value is -0.0400. The summed E-state index contributed by atoms with van der Waals surface area (Å²) in [6.07, 6.45) is 0.0729. The Labute approximate surface area is 40.7 Å². The Morgan fingerprint density at radius 1 is 2.00 bits per heavy atom. The van der Waals surface area contributed by atoms with Crippen molar-refractivity contribution in [1.29, 1.82) is 0 Å². The van der Waals surface area contributed by atoms with E-state index in [9.17, 15) is 0 Å². The number of methoxy groups -OCH3 is 1. The van der Waals surface area contributed by atoms with Gasteiger partial charge in [0.05, 0.1) is 7.45 Å². The largest absolute Gasteiger partial charge is 0.382 e. The first kappa shape index (κ1) is 4.13. The smallest absolute Gasteiger partial charge is 0.0600 e. The Morgan fingerprint density at radius 3 is 2.50 bits per heavy atom. The van der Waals surface area contributed by atoms with E-state index in [0.29, 0.717) is 0 Å². The summed E-state index contributed by atoms with van der Waals surface area (Å²) in [5.74, 6) is 0. The van der Waals surface area contributed by atoms with Crippen molar-refractivity contribution in [2.75, 3.05) is 7.11 Å². The lowest BCUT2D eigenvalue weighted by Gasteiger charge is -2.01. The molecule has 0 aromatic heterocycles. The second-order valence-electron chi connectivity index (χ2n) is 1.26. The van der Waals surface area contributed by atoms with E-state index in [1.165, 1.54) is 0 Å². The zero-order valence-electron chi connectivity index (χ0n) is 5.62. The van der Waals surface area contributed by atoms with Gasteiger partial charge >= 0.3 is 0 Å². The van der Waals surface area contributed by atoms with Gasteiger partial charge in [0, 0.05) is 7.11 Å². The highest BCUT2D eigenvalue weighted by atomic mass is 16.5. The zero-order chi connectivity index (χ0) is 5.91. The van der Waals surface area contributed by atoms with E-state index in [-0.39, 0.29) is 0 Å². The Morgan fingerprint density at radius 2 is 2.50 bits per heavy atom. The van der Waals surface area contributed by atoms with Crippen molar-refractivity contribution in [3.8, 4) is 0 Å². The molecule has 0 N–H and O–H groups in total. The van der Waals surface area contributed by atoms with E-state index in [1.807, 2.05) is 6.92 Å². The van der Waals surface area contributed by atoms with Crippen LogP contribution in [0, 0.1) is 0 Å². The molecule has 0 rings (SSSR count). The topological polar surface area (TPSA) is 9.23 Å². The SMILES string of the molecule is [2H]C(C)(CC)OC. The molecule has 1 heteroatoms. The quantitative estimate of drug-likeness (QED) is 0.497. The maximum atomic E-state index is 7.20.